The average Bonchev–Trinajstić information content (AvgIpc) is 2.42. The summed E-state index contributed by atoms with van der Waals surface area (Å²) in [5.74, 6) is 1.23. The van der Waals surface area contributed by atoms with Crippen LogP contribution in [0.25, 0.3) is 0 Å². The lowest BCUT2D eigenvalue weighted by atomic mass is 10.1. The minimum Gasteiger partial charge on any atom is -0.438 e. The first kappa shape index (κ1) is 15.3. The third-order valence-corrected chi connectivity index (χ3v) is 3.62. The van der Waals surface area contributed by atoms with Gasteiger partial charge in [-0.3, -0.25) is 0 Å². The van der Waals surface area contributed by atoms with E-state index in [9.17, 15) is 0 Å². The molecule has 5 heteroatoms. The molecular formula is C15H16BrClN2O. The van der Waals surface area contributed by atoms with Crippen LogP contribution < -0.4 is 10.5 Å². The molecule has 0 aliphatic heterocycles. The van der Waals surface area contributed by atoms with Gasteiger partial charge in [0.25, 0.3) is 0 Å². The molecule has 0 saturated carbocycles. The molecule has 3 nitrogen and oxygen atoms in total. The van der Waals surface area contributed by atoms with Crippen molar-refractivity contribution in [1.29, 1.82) is 0 Å². The van der Waals surface area contributed by atoms with E-state index in [2.05, 4.69) is 27.8 Å². The van der Waals surface area contributed by atoms with Crippen LogP contribution in [0.1, 0.15) is 24.6 Å². The Morgan fingerprint density at radius 1 is 1.30 bits per heavy atom. The fourth-order valence-corrected chi connectivity index (χ4v) is 2.61. The number of rotatable bonds is 5. The van der Waals surface area contributed by atoms with Crippen molar-refractivity contribution >= 4 is 27.5 Å². The fraction of sp³-hybridized carbons (Fsp3) is 0.267. The normalized spacial score (nSPS) is 10.6. The molecule has 0 unspecified atom stereocenters. The number of aromatic nitrogens is 1. The van der Waals surface area contributed by atoms with E-state index in [0.717, 1.165) is 28.6 Å². The van der Waals surface area contributed by atoms with Crippen LogP contribution in [0.5, 0.6) is 11.6 Å². The molecule has 1 aromatic heterocycles. The Morgan fingerprint density at radius 2 is 2.10 bits per heavy atom. The van der Waals surface area contributed by atoms with Gasteiger partial charge in [0.05, 0.1) is 4.47 Å². The van der Waals surface area contributed by atoms with E-state index in [1.165, 1.54) is 0 Å². The standard InChI is InChI=1S/C15H16BrClN2O/c1-2-3-12-6-10(9-18)7-15(19-12)20-14-5-4-11(17)8-13(14)16/h4-8H,2-3,9,18H2,1H3. The predicted octanol–water partition coefficient (Wildman–Crippen LogP) is 4.70. The van der Waals surface area contributed by atoms with Crippen LogP contribution in [-0.2, 0) is 13.0 Å². The van der Waals surface area contributed by atoms with Crippen LogP contribution in [0.3, 0.4) is 0 Å². The Morgan fingerprint density at radius 3 is 2.75 bits per heavy atom. The highest BCUT2D eigenvalue weighted by Gasteiger charge is 2.07. The smallest absolute Gasteiger partial charge is 0.219 e. The van der Waals surface area contributed by atoms with Crippen molar-refractivity contribution in [3.05, 3.63) is 51.1 Å². The summed E-state index contributed by atoms with van der Waals surface area (Å²) in [6, 6.07) is 9.26. The zero-order valence-electron chi connectivity index (χ0n) is 11.2. The lowest BCUT2D eigenvalue weighted by molar-refractivity contribution is 0.457. The SMILES string of the molecule is CCCc1cc(CN)cc(Oc2ccc(Cl)cc2Br)n1. The molecule has 1 heterocycles. The highest BCUT2D eigenvalue weighted by molar-refractivity contribution is 9.10. The van der Waals surface area contributed by atoms with Crippen LogP contribution in [0, 0.1) is 0 Å². The number of halogens is 2. The molecule has 1 aromatic carbocycles. The minimum absolute atomic E-state index is 0.470. The summed E-state index contributed by atoms with van der Waals surface area (Å²) in [5.41, 5.74) is 7.73. The van der Waals surface area contributed by atoms with Crippen molar-refractivity contribution < 1.29 is 4.74 Å². The molecule has 106 valence electrons. The molecule has 0 atom stereocenters. The molecule has 2 N–H and O–H groups in total. The van der Waals surface area contributed by atoms with E-state index in [1.54, 1.807) is 12.1 Å². The summed E-state index contributed by atoms with van der Waals surface area (Å²) >= 11 is 9.34. The van der Waals surface area contributed by atoms with E-state index in [0.29, 0.717) is 23.2 Å². The number of aryl methyl sites for hydroxylation is 1. The maximum atomic E-state index is 5.92. The van der Waals surface area contributed by atoms with Crippen LogP contribution in [0.4, 0.5) is 0 Å². The van der Waals surface area contributed by atoms with Gasteiger partial charge in [0.1, 0.15) is 5.75 Å². The first-order valence-electron chi connectivity index (χ1n) is 6.45. The largest absolute Gasteiger partial charge is 0.438 e. The summed E-state index contributed by atoms with van der Waals surface area (Å²) in [4.78, 5) is 4.50. The van der Waals surface area contributed by atoms with Gasteiger partial charge in [-0.25, -0.2) is 4.98 Å². The van der Waals surface area contributed by atoms with Gasteiger partial charge in [0.15, 0.2) is 0 Å². The molecule has 20 heavy (non-hydrogen) atoms. The van der Waals surface area contributed by atoms with Gasteiger partial charge in [0.2, 0.25) is 5.88 Å². The lowest BCUT2D eigenvalue weighted by Crippen LogP contribution is -2.01. The Bertz CT molecular complexity index is 604. The number of ether oxygens (including phenoxy) is 1. The summed E-state index contributed by atoms with van der Waals surface area (Å²) in [7, 11) is 0. The van der Waals surface area contributed by atoms with Gasteiger partial charge in [-0.05, 0) is 52.2 Å². The Balaban J connectivity index is 2.29. The van der Waals surface area contributed by atoms with Crippen molar-refractivity contribution in [1.82, 2.24) is 4.98 Å². The van der Waals surface area contributed by atoms with E-state index in [4.69, 9.17) is 22.1 Å². The van der Waals surface area contributed by atoms with Crippen molar-refractivity contribution in [3.63, 3.8) is 0 Å². The first-order valence-corrected chi connectivity index (χ1v) is 7.62. The van der Waals surface area contributed by atoms with Gasteiger partial charge in [-0.15, -0.1) is 0 Å². The summed E-state index contributed by atoms with van der Waals surface area (Å²) in [5, 5.41) is 0.652. The second-order valence-corrected chi connectivity index (χ2v) is 5.73. The van der Waals surface area contributed by atoms with Crippen LogP contribution in [0.15, 0.2) is 34.8 Å². The monoisotopic (exact) mass is 354 g/mol. The summed E-state index contributed by atoms with van der Waals surface area (Å²) in [6.07, 6.45) is 1.94. The van der Waals surface area contributed by atoms with Gasteiger partial charge in [-0.2, -0.15) is 0 Å². The number of benzene rings is 1. The second-order valence-electron chi connectivity index (χ2n) is 4.44. The molecule has 2 aromatic rings. The van der Waals surface area contributed by atoms with Crippen LogP contribution in [0.2, 0.25) is 5.02 Å². The highest BCUT2D eigenvalue weighted by atomic mass is 79.9. The van der Waals surface area contributed by atoms with Crippen LogP contribution in [-0.4, -0.2) is 4.98 Å². The molecule has 2 rings (SSSR count). The zero-order chi connectivity index (χ0) is 14.5. The Hall–Kier alpha value is -1.10. The van der Waals surface area contributed by atoms with Gasteiger partial charge < -0.3 is 10.5 Å². The van der Waals surface area contributed by atoms with Crippen molar-refractivity contribution in [2.24, 2.45) is 5.73 Å². The summed E-state index contributed by atoms with van der Waals surface area (Å²) < 4.78 is 6.61. The highest BCUT2D eigenvalue weighted by Crippen LogP contribution is 2.31. The number of nitrogens with two attached hydrogens (primary N) is 1. The third kappa shape index (κ3) is 3.95. The molecule has 0 saturated heterocycles. The predicted molar refractivity (Wildman–Crippen MR) is 85.3 cm³/mol. The number of hydrogen-bond donors (Lipinski definition) is 1. The van der Waals surface area contributed by atoms with Gasteiger partial charge in [0, 0.05) is 23.3 Å². The molecular weight excluding hydrogens is 340 g/mol. The Labute approximate surface area is 132 Å². The first-order chi connectivity index (χ1) is 9.62. The second kappa shape index (κ2) is 7.07. The molecule has 0 radical (unpaired) electrons. The number of nitrogens with zero attached hydrogens (tertiary/aromatic N) is 1. The quantitative estimate of drug-likeness (QED) is 0.845. The van der Waals surface area contributed by atoms with Crippen molar-refractivity contribution in [2.45, 2.75) is 26.3 Å². The maximum absolute atomic E-state index is 5.92. The molecule has 0 fully saturated rings. The van der Waals surface area contributed by atoms with Gasteiger partial charge >= 0.3 is 0 Å². The Kier molecular flexibility index (Phi) is 5.40. The lowest BCUT2D eigenvalue weighted by Gasteiger charge is -2.10. The van der Waals surface area contributed by atoms with Crippen LogP contribution >= 0.6 is 27.5 Å². The number of hydrogen-bond acceptors (Lipinski definition) is 3. The summed E-state index contributed by atoms with van der Waals surface area (Å²) in [6.45, 7) is 2.59. The molecule has 0 spiro atoms. The van der Waals surface area contributed by atoms with Crippen molar-refractivity contribution in [3.8, 4) is 11.6 Å². The van der Waals surface area contributed by atoms with Gasteiger partial charge in [-0.1, -0.05) is 24.9 Å². The molecule has 0 aliphatic rings. The van der Waals surface area contributed by atoms with E-state index < -0.39 is 0 Å². The minimum atomic E-state index is 0.470. The fourth-order valence-electron chi connectivity index (χ4n) is 1.85. The molecule has 0 amide bonds. The van der Waals surface area contributed by atoms with E-state index >= 15 is 0 Å². The van der Waals surface area contributed by atoms with E-state index in [1.807, 2.05) is 18.2 Å². The van der Waals surface area contributed by atoms with E-state index in [-0.39, 0.29) is 0 Å². The third-order valence-electron chi connectivity index (χ3n) is 2.76. The topological polar surface area (TPSA) is 48.1 Å². The maximum Gasteiger partial charge on any atom is 0.219 e. The average molecular weight is 356 g/mol. The molecule has 0 aliphatic carbocycles. The number of pyridine rings is 1. The zero-order valence-corrected chi connectivity index (χ0v) is 13.5. The molecule has 0 bridgehead atoms. The van der Waals surface area contributed by atoms with Crippen molar-refractivity contribution in [2.75, 3.05) is 0 Å².